The zero-order valence-corrected chi connectivity index (χ0v) is 9.49. The lowest BCUT2D eigenvalue weighted by Crippen LogP contribution is -1.96. The summed E-state index contributed by atoms with van der Waals surface area (Å²) in [6.45, 7) is 4.23. The van der Waals surface area contributed by atoms with Crippen LogP contribution >= 0.6 is 0 Å². The Morgan fingerprint density at radius 1 is 1.33 bits per heavy atom. The number of imidazole rings is 1. The highest BCUT2D eigenvalue weighted by Gasteiger charge is 2.04. The Bertz CT molecular complexity index is 502. The van der Waals surface area contributed by atoms with Gasteiger partial charge < -0.3 is 4.57 Å². The van der Waals surface area contributed by atoms with Crippen molar-refractivity contribution >= 4 is 11.0 Å². The number of hydrogen-bond donors (Lipinski definition) is 0. The summed E-state index contributed by atoms with van der Waals surface area (Å²) in [6, 6.07) is 8.24. The number of benzene rings is 1. The van der Waals surface area contributed by atoms with Gasteiger partial charge in [-0.25, -0.2) is 4.98 Å². The first-order chi connectivity index (χ1) is 7.18. The van der Waals surface area contributed by atoms with Gasteiger partial charge in [0.2, 0.25) is 0 Å². The first-order valence-corrected chi connectivity index (χ1v) is 5.22. The van der Waals surface area contributed by atoms with E-state index in [1.54, 1.807) is 0 Å². The van der Waals surface area contributed by atoms with Crippen LogP contribution in [-0.2, 0) is 13.5 Å². The third-order valence-corrected chi connectivity index (χ3v) is 2.57. The van der Waals surface area contributed by atoms with E-state index >= 15 is 0 Å². The van der Waals surface area contributed by atoms with Crippen LogP contribution in [-0.4, -0.2) is 9.55 Å². The van der Waals surface area contributed by atoms with Crippen LogP contribution in [0.15, 0.2) is 35.9 Å². The van der Waals surface area contributed by atoms with Gasteiger partial charge in [-0.1, -0.05) is 23.8 Å². The van der Waals surface area contributed by atoms with Crippen LogP contribution in [0.1, 0.15) is 19.7 Å². The zero-order chi connectivity index (χ0) is 10.8. The lowest BCUT2D eigenvalue weighted by atomic mass is 10.2. The summed E-state index contributed by atoms with van der Waals surface area (Å²) < 4.78 is 2.16. The van der Waals surface area contributed by atoms with E-state index in [4.69, 9.17) is 0 Å². The van der Waals surface area contributed by atoms with Crippen molar-refractivity contribution in [1.82, 2.24) is 9.55 Å². The quantitative estimate of drug-likeness (QED) is 0.681. The predicted octanol–water partition coefficient (Wildman–Crippen LogP) is 3.08. The third-order valence-electron chi connectivity index (χ3n) is 2.57. The van der Waals surface area contributed by atoms with Crippen LogP contribution in [0.5, 0.6) is 0 Å². The van der Waals surface area contributed by atoms with Gasteiger partial charge >= 0.3 is 0 Å². The Balaban J connectivity index is 2.44. The predicted molar refractivity (Wildman–Crippen MR) is 63.8 cm³/mol. The molecule has 0 radical (unpaired) electrons. The molecule has 2 heteroatoms. The van der Waals surface area contributed by atoms with Gasteiger partial charge in [-0.15, -0.1) is 0 Å². The van der Waals surface area contributed by atoms with Crippen molar-refractivity contribution in [1.29, 1.82) is 0 Å². The smallest absolute Gasteiger partial charge is 0.113 e. The molecule has 1 heterocycles. The van der Waals surface area contributed by atoms with Gasteiger partial charge in [-0.05, 0) is 26.0 Å². The molecule has 0 amide bonds. The SMILES string of the molecule is CC(C)=CCc1nc2ccccc2n1C. The van der Waals surface area contributed by atoms with Crippen molar-refractivity contribution in [3.63, 3.8) is 0 Å². The number of nitrogens with zero attached hydrogens (tertiary/aromatic N) is 2. The summed E-state index contributed by atoms with van der Waals surface area (Å²) in [5.41, 5.74) is 3.62. The summed E-state index contributed by atoms with van der Waals surface area (Å²) >= 11 is 0. The highest BCUT2D eigenvalue weighted by atomic mass is 15.1. The maximum Gasteiger partial charge on any atom is 0.113 e. The fourth-order valence-electron chi connectivity index (χ4n) is 1.67. The monoisotopic (exact) mass is 200 g/mol. The van der Waals surface area contributed by atoms with Crippen molar-refractivity contribution in [2.24, 2.45) is 7.05 Å². The lowest BCUT2D eigenvalue weighted by molar-refractivity contribution is 0.851. The highest BCUT2D eigenvalue weighted by molar-refractivity contribution is 5.75. The molecule has 0 spiro atoms. The largest absolute Gasteiger partial charge is 0.331 e. The minimum Gasteiger partial charge on any atom is -0.331 e. The van der Waals surface area contributed by atoms with Gasteiger partial charge in [0.15, 0.2) is 0 Å². The van der Waals surface area contributed by atoms with Crippen molar-refractivity contribution in [3.8, 4) is 0 Å². The van der Waals surface area contributed by atoms with Crippen LogP contribution in [0.3, 0.4) is 0 Å². The average molecular weight is 200 g/mol. The number of fused-ring (bicyclic) bond motifs is 1. The summed E-state index contributed by atoms with van der Waals surface area (Å²) in [5, 5.41) is 0. The molecule has 78 valence electrons. The van der Waals surface area contributed by atoms with Crippen LogP contribution in [0.25, 0.3) is 11.0 Å². The highest BCUT2D eigenvalue weighted by Crippen LogP contribution is 2.14. The van der Waals surface area contributed by atoms with Crippen molar-refractivity contribution in [3.05, 3.63) is 41.7 Å². The maximum absolute atomic E-state index is 4.60. The molecule has 1 aromatic carbocycles. The summed E-state index contributed by atoms with van der Waals surface area (Å²) in [6.07, 6.45) is 3.12. The summed E-state index contributed by atoms with van der Waals surface area (Å²) in [7, 11) is 2.07. The molecule has 2 nitrogen and oxygen atoms in total. The molecule has 2 rings (SSSR count). The fraction of sp³-hybridized carbons (Fsp3) is 0.308. The molecular weight excluding hydrogens is 184 g/mol. The Morgan fingerprint density at radius 3 is 2.73 bits per heavy atom. The number of allylic oxidation sites excluding steroid dienone is 2. The van der Waals surface area contributed by atoms with E-state index in [1.807, 2.05) is 6.07 Å². The Hall–Kier alpha value is -1.57. The second-order valence-corrected chi connectivity index (χ2v) is 4.06. The molecule has 0 unspecified atom stereocenters. The molecular formula is C13H16N2. The van der Waals surface area contributed by atoms with Crippen LogP contribution < -0.4 is 0 Å². The molecule has 0 aliphatic heterocycles. The molecule has 0 saturated heterocycles. The standard InChI is InChI=1S/C13H16N2/c1-10(2)8-9-13-14-11-6-4-5-7-12(11)15(13)3/h4-8H,9H2,1-3H3. The molecule has 0 N–H and O–H groups in total. The van der Waals surface area contributed by atoms with E-state index in [2.05, 4.69) is 54.7 Å². The molecule has 15 heavy (non-hydrogen) atoms. The number of rotatable bonds is 2. The number of aromatic nitrogens is 2. The van der Waals surface area contributed by atoms with Crippen molar-refractivity contribution in [2.75, 3.05) is 0 Å². The second kappa shape index (κ2) is 3.89. The normalized spacial score (nSPS) is 10.6. The second-order valence-electron chi connectivity index (χ2n) is 4.06. The van der Waals surface area contributed by atoms with Gasteiger partial charge in [0.25, 0.3) is 0 Å². The Labute approximate surface area is 90.3 Å². The van der Waals surface area contributed by atoms with Gasteiger partial charge in [0.05, 0.1) is 11.0 Å². The third kappa shape index (κ3) is 1.94. The summed E-state index contributed by atoms with van der Waals surface area (Å²) in [5.74, 6) is 1.12. The Kier molecular flexibility index (Phi) is 2.58. The topological polar surface area (TPSA) is 17.8 Å². The van der Waals surface area contributed by atoms with Crippen molar-refractivity contribution < 1.29 is 0 Å². The lowest BCUT2D eigenvalue weighted by Gasteiger charge is -1.98. The molecule has 0 bridgehead atoms. The Morgan fingerprint density at radius 2 is 2.07 bits per heavy atom. The van der Waals surface area contributed by atoms with E-state index < -0.39 is 0 Å². The number of aryl methyl sites for hydroxylation is 1. The van der Waals surface area contributed by atoms with Crippen LogP contribution in [0.4, 0.5) is 0 Å². The van der Waals surface area contributed by atoms with Crippen molar-refractivity contribution in [2.45, 2.75) is 20.3 Å². The maximum atomic E-state index is 4.60. The van der Waals surface area contributed by atoms with Gasteiger partial charge in [-0.2, -0.15) is 0 Å². The van der Waals surface area contributed by atoms with Crippen LogP contribution in [0, 0.1) is 0 Å². The minimum atomic E-state index is 0.910. The molecule has 0 aliphatic rings. The molecule has 0 fully saturated rings. The van der Waals surface area contributed by atoms with Gasteiger partial charge in [-0.3, -0.25) is 0 Å². The summed E-state index contributed by atoms with van der Waals surface area (Å²) in [4.78, 5) is 4.60. The molecule has 1 aromatic heterocycles. The number of para-hydroxylation sites is 2. The first-order valence-electron chi connectivity index (χ1n) is 5.22. The van der Waals surface area contributed by atoms with Gasteiger partial charge in [0, 0.05) is 13.5 Å². The fourth-order valence-corrected chi connectivity index (χ4v) is 1.67. The molecule has 2 aromatic rings. The van der Waals surface area contributed by atoms with E-state index in [-0.39, 0.29) is 0 Å². The van der Waals surface area contributed by atoms with E-state index in [0.717, 1.165) is 17.8 Å². The molecule has 0 atom stereocenters. The zero-order valence-electron chi connectivity index (χ0n) is 9.49. The molecule has 0 saturated carbocycles. The first kappa shape index (κ1) is 9.97. The number of hydrogen-bond acceptors (Lipinski definition) is 1. The van der Waals surface area contributed by atoms with Gasteiger partial charge in [0.1, 0.15) is 5.82 Å². The average Bonchev–Trinajstić information content (AvgIpc) is 2.54. The van der Waals surface area contributed by atoms with E-state index in [0.29, 0.717) is 0 Å². The van der Waals surface area contributed by atoms with Crippen LogP contribution in [0.2, 0.25) is 0 Å². The molecule has 0 aliphatic carbocycles. The van der Waals surface area contributed by atoms with E-state index in [9.17, 15) is 0 Å². The minimum absolute atomic E-state index is 0.910. The van der Waals surface area contributed by atoms with E-state index in [1.165, 1.54) is 11.1 Å².